The van der Waals surface area contributed by atoms with Gasteiger partial charge in [-0.2, -0.15) is 0 Å². The van der Waals surface area contributed by atoms with E-state index in [4.69, 9.17) is 16.6 Å². The molecule has 1 aliphatic rings. The maximum atomic E-state index is 6.01. The van der Waals surface area contributed by atoms with Crippen molar-refractivity contribution in [2.75, 3.05) is 0 Å². The molecule has 1 unspecified atom stereocenters. The standard InChI is InChI=1S/C14H17ClN2S/c1-8-5-10(6-9(2)16-8)14-17-12-7-11(15)3-4-13(12)18-14/h3-4,7-10,16H,5-6H2,1-2H3/t8-,9+,10?. The van der Waals surface area contributed by atoms with Crippen molar-refractivity contribution in [3.63, 3.8) is 0 Å². The van der Waals surface area contributed by atoms with Gasteiger partial charge in [0.15, 0.2) is 0 Å². The lowest BCUT2D eigenvalue weighted by molar-refractivity contribution is 0.316. The summed E-state index contributed by atoms with van der Waals surface area (Å²) in [5.41, 5.74) is 1.04. The summed E-state index contributed by atoms with van der Waals surface area (Å²) in [6, 6.07) is 7.14. The molecule has 96 valence electrons. The third kappa shape index (κ3) is 2.40. The minimum atomic E-state index is 0.578. The van der Waals surface area contributed by atoms with E-state index in [0.29, 0.717) is 18.0 Å². The molecule has 2 aromatic rings. The smallest absolute Gasteiger partial charge is 0.0970 e. The van der Waals surface area contributed by atoms with Gasteiger partial charge in [0, 0.05) is 23.0 Å². The highest BCUT2D eigenvalue weighted by Crippen LogP contribution is 2.35. The number of nitrogens with zero attached hydrogens (tertiary/aromatic N) is 1. The number of hydrogen-bond donors (Lipinski definition) is 1. The Morgan fingerprint density at radius 2 is 2.00 bits per heavy atom. The molecule has 2 nitrogen and oxygen atoms in total. The van der Waals surface area contributed by atoms with Gasteiger partial charge in [-0.15, -0.1) is 11.3 Å². The number of thiazole rings is 1. The molecule has 1 aliphatic heterocycles. The van der Waals surface area contributed by atoms with E-state index in [1.807, 2.05) is 23.5 Å². The Morgan fingerprint density at radius 1 is 1.28 bits per heavy atom. The van der Waals surface area contributed by atoms with E-state index in [1.165, 1.54) is 22.5 Å². The van der Waals surface area contributed by atoms with Crippen LogP contribution in [0.4, 0.5) is 0 Å². The number of aromatic nitrogens is 1. The molecule has 4 heteroatoms. The maximum absolute atomic E-state index is 6.01. The molecule has 2 heterocycles. The van der Waals surface area contributed by atoms with Crippen molar-refractivity contribution < 1.29 is 0 Å². The third-order valence-corrected chi connectivity index (χ3v) is 4.99. The molecule has 3 rings (SSSR count). The average molecular weight is 281 g/mol. The normalized spacial score (nSPS) is 28.7. The highest BCUT2D eigenvalue weighted by molar-refractivity contribution is 7.18. The molecule has 0 aliphatic carbocycles. The fraction of sp³-hybridized carbons (Fsp3) is 0.500. The Hall–Kier alpha value is -0.640. The molecule has 1 saturated heterocycles. The number of hydrogen-bond acceptors (Lipinski definition) is 3. The first-order valence-electron chi connectivity index (χ1n) is 6.44. The van der Waals surface area contributed by atoms with Crippen molar-refractivity contribution in [1.82, 2.24) is 10.3 Å². The molecule has 0 bridgehead atoms. The van der Waals surface area contributed by atoms with Crippen molar-refractivity contribution >= 4 is 33.2 Å². The first kappa shape index (κ1) is 12.4. The lowest BCUT2D eigenvalue weighted by Gasteiger charge is -2.31. The zero-order valence-electron chi connectivity index (χ0n) is 10.6. The van der Waals surface area contributed by atoms with Crippen LogP contribution in [0, 0.1) is 0 Å². The SMILES string of the molecule is C[C@@H]1CC(c2nc3cc(Cl)ccc3s2)C[C@H](C)N1. The molecule has 1 N–H and O–H groups in total. The predicted octanol–water partition coefficient (Wildman–Crippen LogP) is 4.19. The van der Waals surface area contributed by atoms with Gasteiger partial charge in [0.1, 0.15) is 0 Å². The third-order valence-electron chi connectivity index (χ3n) is 3.56. The van der Waals surface area contributed by atoms with Crippen molar-refractivity contribution in [3.05, 3.63) is 28.2 Å². The summed E-state index contributed by atoms with van der Waals surface area (Å²) in [6.07, 6.45) is 2.36. The number of halogens is 1. The Morgan fingerprint density at radius 3 is 2.72 bits per heavy atom. The van der Waals surface area contributed by atoms with Crippen molar-refractivity contribution in [3.8, 4) is 0 Å². The molecular formula is C14H17ClN2S. The molecule has 1 aromatic carbocycles. The number of fused-ring (bicyclic) bond motifs is 1. The molecule has 0 saturated carbocycles. The van der Waals surface area contributed by atoms with Crippen LogP contribution in [-0.2, 0) is 0 Å². The van der Waals surface area contributed by atoms with Crippen LogP contribution in [-0.4, -0.2) is 17.1 Å². The first-order valence-corrected chi connectivity index (χ1v) is 7.63. The zero-order valence-corrected chi connectivity index (χ0v) is 12.2. The van der Waals surface area contributed by atoms with Crippen molar-refractivity contribution in [2.45, 2.75) is 44.7 Å². The van der Waals surface area contributed by atoms with E-state index < -0.39 is 0 Å². The second kappa shape index (κ2) is 4.80. The first-order chi connectivity index (χ1) is 8.61. The van der Waals surface area contributed by atoms with Crippen LogP contribution in [0.15, 0.2) is 18.2 Å². The Kier molecular flexibility index (Phi) is 3.31. The Bertz CT molecular complexity index is 556. The second-order valence-electron chi connectivity index (χ2n) is 5.30. The molecular weight excluding hydrogens is 264 g/mol. The Balaban J connectivity index is 1.93. The minimum Gasteiger partial charge on any atom is -0.312 e. The minimum absolute atomic E-state index is 0.578. The monoisotopic (exact) mass is 280 g/mol. The second-order valence-corrected chi connectivity index (χ2v) is 6.80. The molecule has 0 radical (unpaired) electrons. The summed E-state index contributed by atoms with van der Waals surface area (Å²) >= 11 is 7.83. The summed E-state index contributed by atoms with van der Waals surface area (Å²) in [7, 11) is 0. The van der Waals surface area contributed by atoms with Gasteiger partial charge in [-0.05, 0) is 44.9 Å². The van der Waals surface area contributed by atoms with Gasteiger partial charge in [0.2, 0.25) is 0 Å². The molecule has 0 spiro atoms. The van der Waals surface area contributed by atoms with Gasteiger partial charge < -0.3 is 5.32 Å². The van der Waals surface area contributed by atoms with E-state index in [9.17, 15) is 0 Å². The van der Waals surface area contributed by atoms with Crippen LogP contribution in [0.5, 0.6) is 0 Å². The average Bonchev–Trinajstić information content (AvgIpc) is 2.70. The maximum Gasteiger partial charge on any atom is 0.0970 e. The zero-order chi connectivity index (χ0) is 12.7. The molecule has 0 amide bonds. The van der Waals surface area contributed by atoms with Gasteiger partial charge >= 0.3 is 0 Å². The van der Waals surface area contributed by atoms with Crippen LogP contribution < -0.4 is 5.32 Å². The lowest BCUT2D eigenvalue weighted by atomic mass is 9.89. The summed E-state index contributed by atoms with van der Waals surface area (Å²) in [4.78, 5) is 4.77. The lowest BCUT2D eigenvalue weighted by Crippen LogP contribution is -2.41. The number of nitrogens with one attached hydrogen (secondary N) is 1. The van der Waals surface area contributed by atoms with Crippen LogP contribution in [0.2, 0.25) is 5.02 Å². The van der Waals surface area contributed by atoms with Gasteiger partial charge in [0.25, 0.3) is 0 Å². The highest BCUT2D eigenvalue weighted by Gasteiger charge is 2.26. The number of benzene rings is 1. The van der Waals surface area contributed by atoms with E-state index in [1.54, 1.807) is 0 Å². The number of rotatable bonds is 1. The van der Waals surface area contributed by atoms with E-state index in [-0.39, 0.29) is 0 Å². The summed E-state index contributed by atoms with van der Waals surface area (Å²) in [5.74, 6) is 0.590. The summed E-state index contributed by atoms with van der Waals surface area (Å²) in [6.45, 7) is 4.51. The van der Waals surface area contributed by atoms with Gasteiger partial charge in [0.05, 0.1) is 15.2 Å². The van der Waals surface area contributed by atoms with Gasteiger partial charge in [-0.3, -0.25) is 0 Å². The highest BCUT2D eigenvalue weighted by atomic mass is 35.5. The quantitative estimate of drug-likeness (QED) is 0.847. The predicted molar refractivity (Wildman–Crippen MR) is 78.7 cm³/mol. The fourth-order valence-corrected chi connectivity index (χ4v) is 4.11. The summed E-state index contributed by atoms with van der Waals surface area (Å²) in [5, 5.41) is 5.62. The van der Waals surface area contributed by atoms with Crippen molar-refractivity contribution in [2.24, 2.45) is 0 Å². The summed E-state index contributed by atoms with van der Waals surface area (Å²) < 4.78 is 1.24. The molecule has 1 fully saturated rings. The van der Waals surface area contributed by atoms with Crippen LogP contribution in [0.1, 0.15) is 37.6 Å². The largest absolute Gasteiger partial charge is 0.312 e. The molecule has 1 aromatic heterocycles. The Labute approximate surface area is 116 Å². The van der Waals surface area contributed by atoms with E-state index >= 15 is 0 Å². The van der Waals surface area contributed by atoms with Crippen molar-refractivity contribution in [1.29, 1.82) is 0 Å². The van der Waals surface area contributed by atoms with Crippen LogP contribution in [0.3, 0.4) is 0 Å². The number of piperidine rings is 1. The van der Waals surface area contributed by atoms with Crippen LogP contribution >= 0.6 is 22.9 Å². The van der Waals surface area contributed by atoms with Gasteiger partial charge in [-0.25, -0.2) is 4.98 Å². The van der Waals surface area contributed by atoms with E-state index in [0.717, 1.165) is 10.5 Å². The van der Waals surface area contributed by atoms with Gasteiger partial charge in [-0.1, -0.05) is 11.6 Å². The topological polar surface area (TPSA) is 24.9 Å². The van der Waals surface area contributed by atoms with Crippen LogP contribution in [0.25, 0.3) is 10.2 Å². The molecule has 3 atom stereocenters. The molecule has 18 heavy (non-hydrogen) atoms. The van der Waals surface area contributed by atoms with E-state index in [2.05, 4.69) is 25.2 Å². The fourth-order valence-electron chi connectivity index (χ4n) is 2.87.